The van der Waals surface area contributed by atoms with E-state index in [2.05, 4.69) is 15.4 Å². The van der Waals surface area contributed by atoms with E-state index in [4.69, 9.17) is 21.3 Å². The third-order valence-corrected chi connectivity index (χ3v) is 9.21. The lowest BCUT2D eigenvalue weighted by molar-refractivity contribution is -0.0975. The molecule has 3 aromatic rings. The van der Waals surface area contributed by atoms with Gasteiger partial charge in [0, 0.05) is 24.0 Å². The molecule has 3 saturated carbocycles. The number of nitrogens with zero attached hydrogens (tertiary/aromatic N) is 5. The highest BCUT2D eigenvalue weighted by molar-refractivity contribution is 6.32. The predicted octanol–water partition coefficient (Wildman–Crippen LogP) is 3.93. The topological polar surface area (TPSA) is 88.3 Å². The van der Waals surface area contributed by atoms with Crippen molar-refractivity contribution in [2.45, 2.75) is 62.4 Å². The monoisotopic (exact) mass is 512 g/mol. The fourth-order valence-corrected chi connectivity index (χ4v) is 7.01. The first-order valence-corrected chi connectivity index (χ1v) is 13.2. The van der Waals surface area contributed by atoms with Gasteiger partial charge in [-0.1, -0.05) is 11.6 Å². The quantitative estimate of drug-likeness (QED) is 0.535. The van der Waals surface area contributed by atoms with Crippen LogP contribution in [0.15, 0.2) is 24.5 Å². The number of hydrogen-bond donors (Lipinski definition) is 2. The molecule has 2 N–H and O–H groups in total. The Labute approximate surface area is 213 Å². The molecule has 8 nitrogen and oxygen atoms in total. The number of halogens is 2. The van der Waals surface area contributed by atoms with E-state index < -0.39 is 12.3 Å². The van der Waals surface area contributed by atoms with E-state index in [9.17, 15) is 5.11 Å². The van der Waals surface area contributed by atoms with E-state index >= 15 is 4.39 Å². The zero-order valence-electron chi connectivity index (χ0n) is 20.2. The van der Waals surface area contributed by atoms with Crippen molar-refractivity contribution in [1.29, 1.82) is 0 Å². The zero-order chi connectivity index (χ0) is 24.6. The first-order chi connectivity index (χ1) is 17.4. The third-order valence-electron chi connectivity index (χ3n) is 8.84. The Morgan fingerprint density at radius 1 is 1.22 bits per heavy atom. The van der Waals surface area contributed by atoms with Gasteiger partial charge in [-0.25, -0.2) is 19.0 Å². The van der Waals surface area contributed by atoms with Gasteiger partial charge in [0.25, 0.3) is 0 Å². The normalized spacial score (nSPS) is 33.9. The molecular formula is C26H30ClFN6O2. The summed E-state index contributed by atoms with van der Waals surface area (Å²) < 4.78 is 22.8. The van der Waals surface area contributed by atoms with E-state index in [1.165, 1.54) is 0 Å². The zero-order valence-corrected chi connectivity index (χ0v) is 21.0. The number of piperidine rings is 1. The number of nitrogens with one attached hydrogen (secondary N) is 1. The maximum Gasteiger partial charge on any atom is 0.227 e. The molecule has 4 heterocycles. The number of aliphatic hydroxyl groups is 1. The smallest absolute Gasteiger partial charge is 0.227 e. The van der Waals surface area contributed by atoms with Crippen molar-refractivity contribution in [3.8, 4) is 0 Å². The van der Waals surface area contributed by atoms with Gasteiger partial charge in [-0.3, -0.25) is 4.90 Å². The number of alkyl halides is 1. The Kier molecular flexibility index (Phi) is 5.29. The van der Waals surface area contributed by atoms with Crippen LogP contribution in [0.1, 0.15) is 42.7 Å². The van der Waals surface area contributed by atoms with Gasteiger partial charge in [0.15, 0.2) is 5.15 Å². The molecule has 0 spiro atoms. The molecule has 0 amide bonds. The molecule has 4 unspecified atom stereocenters. The van der Waals surface area contributed by atoms with Crippen LogP contribution >= 0.6 is 11.6 Å². The minimum atomic E-state index is -1.02. The number of aliphatic hydroxyl groups excluding tert-OH is 1. The average molecular weight is 513 g/mol. The maximum absolute atomic E-state index is 15.5. The summed E-state index contributed by atoms with van der Waals surface area (Å²) in [6, 6.07) is 3.93. The molecule has 2 saturated heterocycles. The van der Waals surface area contributed by atoms with Crippen molar-refractivity contribution in [1.82, 2.24) is 24.6 Å². The standard InChI is InChI=1S/C26H30ClFN6O2/c1-14-4-16-9-29-25(32-21-10-30-34(24(21)27)26-6-15(7-26)8-26)31-20(16)5-18(14)17-2-3-33(11-19(17)28)22-12-36-13-23(22)35/h4-5,9-10,15,17,19,22-23,35H,2-3,6-8,11-13H2,1H3,(H,29,31,32). The highest BCUT2D eigenvalue weighted by Gasteiger charge is 2.59. The van der Waals surface area contributed by atoms with Gasteiger partial charge in [-0.2, -0.15) is 5.10 Å². The molecule has 3 aliphatic carbocycles. The number of likely N-dealkylation sites (tertiary alicyclic amines) is 1. The van der Waals surface area contributed by atoms with E-state index in [0.29, 0.717) is 43.0 Å². The Morgan fingerprint density at radius 3 is 2.75 bits per heavy atom. The summed E-state index contributed by atoms with van der Waals surface area (Å²) in [6.45, 7) is 3.84. The molecule has 1 aromatic carbocycles. The van der Waals surface area contributed by atoms with E-state index in [1.54, 1.807) is 12.4 Å². The first-order valence-electron chi connectivity index (χ1n) is 12.8. The minimum Gasteiger partial charge on any atom is -0.389 e. The molecule has 190 valence electrons. The fraction of sp³-hybridized carbons (Fsp3) is 0.577. The van der Waals surface area contributed by atoms with Gasteiger partial charge in [0.05, 0.1) is 48.3 Å². The van der Waals surface area contributed by atoms with Gasteiger partial charge in [0.1, 0.15) is 6.17 Å². The van der Waals surface area contributed by atoms with Gasteiger partial charge in [-0.05, 0) is 68.3 Å². The highest BCUT2D eigenvalue weighted by atomic mass is 35.5. The number of aromatic nitrogens is 4. The van der Waals surface area contributed by atoms with Crippen molar-refractivity contribution >= 4 is 34.1 Å². The number of fused-ring (bicyclic) bond motifs is 1. The number of benzene rings is 1. The summed E-state index contributed by atoms with van der Waals surface area (Å²) in [6.07, 6.45) is 6.12. The van der Waals surface area contributed by atoms with Gasteiger partial charge in [-0.15, -0.1) is 0 Å². The molecule has 0 radical (unpaired) electrons. The second-order valence-electron chi connectivity index (χ2n) is 11.1. The molecule has 36 heavy (non-hydrogen) atoms. The van der Waals surface area contributed by atoms with Gasteiger partial charge in [0.2, 0.25) is 5.95 Å². The van der Waals surface area contributed by atoms with Gasteiger partial charge >= 0.3 is 0 Å². The summed E-state index contributed by atoms with van der Waals surface area (Å²) >= 11 is 6.66. The summed E-state index contributed by atoms with van der Waals surface area (Å²) in [5.74, 6) is 1.07. The van der Waals surface area contributed by atoms with Crippen molar-refractivity contribution < 1.29 is 14.2 Å². The second-order valence-corrected chi connectivity index (χ2v) is 11.5. The third kappa shape index (κ3) is 3.55. The number of ether oxygens (including phenoxy) is 1. The number of anilines is 2. The number of aryl methyl sites for hydroxylation is 1. The molecule has 2 aliphatic heterocycles. The largest absolute Gasteiger partial charge is 0.389 e. The van der Waals surface area contributed by atoms with Crippen LogP contribution in [0.25, 0.3) is 10.9 Å². The Bertz CT molecular complexity index is 1320. The average Bonchev–Trinajstić information content (AvgIpc) is 3.38. The number of hydrogen-bond acceptors (Lipinski definition) is 7. The Balaban J connectivity index is 1.12. The van der Waals surface area contributed by atoms with Crippen LogP contribution in [0, 0.1) is 12.8 Å². The molecule has 8 rings (SSSR count). The molecular weight excluding hydrogens is 483 g/mol. The predicted molar refractivity (Wildman–Crippen MR) is 135 cm³/mol. The van der Waals surface area contributed by atoms with Crippen LogP contribution in [0.4, 0.5) is 16.0 Å². The molecule has 10 heteroatoms. The maximum atomic E-state index is 15.5. The Hall–Kier alpha value is -2.33. The second kappa shape index (κ2) is 8.34. The van der Waals surface area contributed by atoms with Crippen molar-refractivity contribution in [2.24, 2.45) is 5.92 Å². The van der Waals surface area contributed by atoms with Crippen molar-refractivity contribution in [3.63, 3.8) is 0 Å². The summed E-state index contributed by atoms with van der Waals surface area (Å²) in [4.78, 5) is 11.3. The molecule has 5 aliphatic rings. The lowest BCUT2D eigenvalue weighted by Crippen LogP contribution is -2.59. The van der Waals surface area contributed by atoms with E-state index in [1.807, 2.05) is 28.6 Å². The minimum absolute atomic E-state index is 0.111. The molecule has 2 aromatic heterocycles. The van der Waals surface area contributed by atoms with Gasteiger partial charge < -0.3 is 15.2 Å². The summed E-state index contributed by atoms with van der Waals surface area (Å²) in [5.41, 5.74) is 3.60. The Morgan fingerprint density at radius 2 is 2.06 bits per heavy atom. The fourth-order valence-electron chi connectivity index (χ4n) is 6.69. The van der Waals surface area contributed by atoms with Crippen LogP contribution in [0.2, 0.25) is 5.15 Å². The highest BCUT2D eigenvalue weighted by Crippen LogP contribution is 2.63. The summed E-state index contributed by atoms with van der Waals surface area (Å²) in [5, 5.41) is 19.4. The van der Waals surface area contributed by atoms with Crippen molar-refractivity contribution in [2.75, 3.05) is 31.6 Å². The van der Waals surface area contributed by atoms with Crippen LogP contribution in [-0.4, -0.2) is 74.4 Å². The van der Waals surface area contributed by atoms with Crippen LogP contribution < -0.4 is 5.32 Å². The molecule has 4 atom stereocenters. The van der Waals surface area contributed by atoms with E-state index in [0.717, 1.165) is 53.8 Å². The van der Waals surface area contributed by atoms with Crippen LogP contribution in [0.5, 0.6) is 0 Å². The summed E-state index contributed by atoms with van der Waals surface area (Å²) in [7, 11) is 0. The molecule has 5 fully saturated rings. The van der Waals surface area contributed by atoms with Crippen molar-refractivity contribution in [3.05, 3.63) is 40.8 Å². The lowest BCUT2D eigenvalue weighted by Gasteiger charge is -2.61. The van der Waals surface area contributed by atoms with Crippen LogP contribution in [0.3, 0.4) is 0 Å². The number of rotatable bonds is 5. The SMILES string of the molecule is Cc1cc2cnc(Nc3cnn(C45CC(C4)C5)c3Cl)nc2cc1C1CCN(C2COCC2O)CC1F. The molecule has 2 bridgehead atoms. The van der Waals surface area contributed by atoms with Crippen LogP contribution in [-0.2, 0) is 10.3 Å². The van der Waals surface area contributed by atoms with E-state index in [-0.39, 0.29) is 17.5 Å². The first kappa shape index (κ1) is 22.8. The lowest BCUT2D eigenvalue weighted by atomic mass is 9.50.